The van der Waals surface area contributed by atoms with Gasteiger partial charge in [-0.15, -0.1) is 17.3 Å². The Kier molecular flexibility index (Phi) is 5.97. The van der Waals surface area contributed by atoms with Crippen molar-refractivity contribution in [3.63, 3.8) is 0 Å². The van der Waals surface area contributed by atoms with Gasteiger partial charge in [0.1, 0.15) is 0 Å². The molecule has 0 unspecified atom stereocenters. The van der Waals surface area contributed by atoms with E-state index < -0.39 is 12.6 Å². The maximum Gasteiger partial charge on any atom is 0.393 e. The minimum absolute atomic E-state index is 0.191. The Morgan fingerprint density at radius 3 is 2.56 bits per heavy atom. The maximum atomic E-state index is 13.1. The third kappa shape index (κ3) is 4.74. The second-order valence-corrected chi connectivity index (χ2v) is 8.25. The van der Waals surface area contributed by atoms with E-state index in [0.717, 1.165) is 36.1 Å². The monoisotopic (exact) mass is 395 g/mol. The largest absolute Gasteiger partial charge is 0.393 e. The summed E-state index contributed by atoms with van der Waals surface area (Å²) in [6.07, 6.45) is 0.649. The van der Waals surface area contributed by atoms with Crippen molar-refractivity contribution in [2.75, 3.05) is 19.4 Å². The molecule has 2 aromatic heterocycles. The fourth-order valence-electron chi connectivity index (χ4n) is 3.69. The Labute approximate surface area is 162 Å². The number of pyridine rings is 1. The average molecular weight is 395 g/mol. The number of hydrogen-bond acceptors (Lipinski definition) is 4. The van der Waals surface area contributed by atoms with Gasteiger partial charge in [0, 0.05) is 23.8 Å². The Morgan fingerprint density at radius 1 is 1.26 bits per heavy atom. The maximum absolute atomic E-state index is 13.1. The van der Waals surface area contributed by atoms with E-state index in [-0.39, 0.29) is 5.56 Å². The van der Waals surface area contributed by atoms with E-state index in [1.165, 1.54) is 11.3 Å². The fourth-order valence-corrected chi connectivity index (χ4v) is 4.85. The van der Waals surface area contributed by atoms with E-state index >= 15 is 0 Å². The van der Waals surface area contributed by atoms with Crippen molar-refractivity contribution < 1.29 is 13.2 Å². The topological polar surface area (TPSA) is 28.2 Å². The van der Waals surface area contributed by atoms with Crippen LogP contribution in [0.1, 0.15) is 43.0 Å². The van der Waals surface area contributed by atoms with Crippen LogP contribution >= 0.6 is 11.3 Å². The molecule has 0 aliphatic heterocycles. The molecule has 27 heavy (non-hydrogen) atoms. The van der Waals surface area contributed by atoms with Gasteiger partial charge in [-0.1, -0.05) is 5.92 Å². The van der Waals surface area contributed by atoms with Crippen molar-refractivity contribution >= 4 is 27.2 Å². The minimum Gasteiger partial charge on any atom is -0.381 e. The molecule has 1 aliphatic carbocycles. The molecule has 0 saturated heterocycles. The van der Waals surface area contributed by atoms with E-state index in [1.807, 2.05) is 6.07 Å². The first kappa shape index (κ1) is 20.0. The fraction of sp³-hybridized carbons (Fsp3) is 0.550. The van der Waals surface area contributed by atoms with Gasteiger partial charge in [0.05, 0.1) is 27.2 Å². The van der Waals surface area contributed by atoms with Gasteiger partial charge in [-0.05, 0) is 52.8 Å². The van der Waals surface area contributed by atoms with Crippen LogP contribution in [0.25, 0.3) is 10.2 Å². The lowest BCUT2D eigenvalue weighted by Crippen LogP contribution is -2.36. The third-order valence-corrected chi connectivity index (χ3v) is 6.24. The number of thiophene rings is 1. The number of nitrogens with zero attached hydrogens (tertiary/aromatic N) is 2. The molecule has 3 nitrogen and oxygen atoms in total. The first-order chi connectivity index (χ1) is 12.8. The minimum atomic E-state index is -4.28. The molecule has 2 heterocycles. The molecule has 0 atom stereocenters. The molecule has 0 bridgehead atoms. The van der Waals surface area contributed by atoms with Crippen LogP contribution in [0.15, 0.2) is 12.3 Å². The number of halogens is 3. The van der Waals surface area contributed by atoms with Gasteiger partial charge in [0.15, 0.2) is 0 Å². The molecule has 0 spiro atoms. The van der Waals surface area contributed by atoms with Gasteiger partial charge in [-0.3, -0.25) is 4.98 Å². The van der Waals surface area contributed by atoms with Crippen molar-refractivity contribution in [1.29, 1.82) is 0 Å². The second kappa shape index (κ2) is 8.07. The average Bonchev–Trinajstić information content (AvgIpc) is 2.93. The van der Waals surface area contributed by atoms with Crippen molar-refractivity contribution in [2.45, 2.75) is 57.3 Å². The van der Waals surface area contributed by atoms with Crippen molar-refractivity contribution in [1.82, 2.24) is 9.88 Å². The first-order valence-corrected chi connectivity index (χ1v) is 9.93. The van der Waals surface area contributed by atoms with Gasteiger partial charge in [0.25, 0.3) is 0 Å². The summed E-state index contributed by atoms with van der Waals surface area (Å²) in [6.45, 7) is 1.64. The summed E-state index contributed by atoms with van der Waals surface area (Å²) in [5, 5.41) is 3.55. The summed E-state index contributed by atoms with van der Waals surface area (Å²) in [5.41, 5.74) is 1.48. The lowest BCUT2D eigenvalue weighted by molar-refractivity contribution is -0.127. The molecule has 0 amide bonds. The first-order valence-electron chi connectivity index (χ1n) is 9.11. The highest BCUT2D eigenvalue weighted by molar-refractivity contribution is 7.20. The summed E-state index contributed by atoms with van der Waals surface area (Å²) in [4.78, 5) is 6.98. The van der Waals surface area contributed by atoms with Gasteiger partial charge in [0.2, 0.25) is 0 Å². The van der Waals surface area contributed by atoms with E-state index in [9.17, 15) is 13.2 Å². The Balaban J connectivity index is 1.89. The molecule has 1 aliphatic rings. The molecule has 1 saturated carbocycles. The molecule has 146 valence electrons. The molecule has 0 radical (unpaired) electrons. The highest BCUT2D eigenvalue weighted by atomic mass is 32.1. The van der Waals surface area contributed by atoms with E-state index in [4.69, 9.17) is 0 Å². The zero-order valence-corrected chi connectivity index (χ0v) is 16.6. The number of hydrogen-bond donors (Lipinski definition) is 1. The number of aromatic nitrogens is 1. The van der Waals surface area contributed by atoms with Crippen molar-refractivity contribution in [2.24, 2.45) is 0 Å². The SMILES string of the molecule is CC#Cc1sc2c(NC3CCC(N(C)C)CC3)ccnc2c1CC(F)(F)F. The van der Waals surface area contributed by atoms with Crippen LogP contribution in [0, 0.1) is 11.8 Å². The number of anilines is 1. The summed E-state index contributed by atoms with van der Waals surface area (Å²) in [5.74, 6) is 5.56. The van der Waals surface area contributed by atoms with Crippen LogP contribution in [0.5, 0.6) is 0 Å². The predicted molar refractivity (Wildman–Crippen MR) is 105 cm³/mol. The van der Waals surface area contributed by atoms with Crippen LogP contribution in [0.3, 0.4) is 0 Å². The summed E-state index contributed by atoms with van der Waals surface area (Å²) < 4.78 is 39.9. The molecular formula is C20H24F3N3S. The summed E-state index contributed by atoms with van der Waals surface area (Å²) >= 11 is 1.30. The third-order valence-electron chi connectivity index (χ3n) is 5.07. The molecular weight excluding hydrogens is 371 g/mol. The highest BCUT2D eigenvalue weighted by Gasteiger charge is 2.32. The van der Waals surface area contributed by atoms with Crippen molar-refractivity contribution in [3.8, 4) is 11.8 Å². The van der Waals surface area contributed by atoms with Crippen LogP contribution in [0.4, 0.5) is 18.9 Å². The van der Waals surface area contributed by atoms with Crippen LogP contribution in [0.2, 0.25) is 0 Å². The number of alkyl halides is 3. The zero-order valence-electron chi connectivity index (χ0n) is 15.8. The molecule has 1 fully saturated rings. The molecule has 2 aromatic rings. The van der Waals surface area contributed by atoms with E-state index in [2.05, 4.69) is 41.1 Å². The highest BCUT2D eigenvalue weighted by Crippen LogP contribution is 2.38. The van der Waals surface area contributed by atoms with Gasteiger partial charge < -0.3 is 10.2 Å². The number of rotatable bonds is 4. The van der Waals surface area contributed by atoms with Crippen molar-refractivity contribution in [3.05, 3.63) is 22.7 Å². The van der Waals surface area contributed by atoms with E-state index in [1.54, 1.807) is 13.1 Å². The Bertz CT molecular complexity index is 853. The van der Waals surface area contributed by atoms with E-state index in [0.29, 0.717) is 22.5 Å². The predicted octanol–water partition coefficient (Wildman–Crippen LogP) is 5.06. The Morgan fingerprint density at radius 2 is 1.96 bits per heavy atom. The lowest BCUT2D eigenvalue weighted by Gasteiger charge is -2.33. The number of nitrogens with one attached hydrogen (secondary N) is 1. The Hall–Kier alpha value is -1.78. The normalized spacial score (nSPS) is 20.6. The summed E-state index contributed by atoms with van der Waals surface area (Å²) in [6, 6.07) is 2.80. The quantitative estimate of drug-likeness (QED) is 0.734. The lowest BCUT2D eigenvalue weighted by atomic mass is 9.90. The standard InChI is InChI=1S/C20H24F3N3S/c1-4-5-17-15(12-20(21,22)23)18-19(27-17)16(10-11-24-18)25-13-6-8-14(9-7-13)26(2)3/h10-11,13-14H,6-9,12H2,1-3H3,(H,24,25). The molecule has 0 aromatic carbocycles. The van der Waals surface area contributed by atoms with Crippen LogP contribution in [-0.2, 0) is 6.42 Å². The smallest absolute Gasteiger partial charge is 0.381 e. The summed E-state index contributed by atoms with van der Waals surface area (Å²) in [7, 11) is 4.21. The van der Waals surface area contributed by atoms with Crippen LogP contribution < -0.4 is 5.32 Å². The molecule has 3 rings (SSSR count). The van der Waals surface area contributed by atoms with Crippen LogP contribution in [-0.4, -0.2) is 42.2 Å². The van der Waals surface area contributed by atoms with Gasteiger partial charge in [-0.2, -0.15) is 13.2 Å². The van der Waals surface area contributed by atoms with Gasteiger partial charge in [-0.25, -0.2) is 0 Å². The zero-order chi connectivity index (χ0) is 19.6. The molecule has 1 N–H and O–H groups in total. The van der Waals surface area contributed by atoms with Gasteiger partial charge >= 0.3 is 6.18 Å². The second-order valence-electron chi connectivity index (χ2n) is 7.23. The molecule has 7 heteroatoms. The number of fused-ring (bicyclic) bond motifs is 1.